The Kier molecular flexibility index (Phi) is 5.02. The van der Waals surface area contributed by atoms with E-state index in [1.54, 1.807) is 17.4 Å². The summed E-state index contributed by atoms with van der Waals surface area (Å²) in [6, 6.07) is 7.66. The van der Waals surface area contributed by atoms with E-state index < -0.39 is 0 Å². The van der Waals surface area contributed by atoms with Gasteiger partial charge in [-0.25, -0.2) is 0 Å². The van der Waals surface area contributed by atoms with Gasteiger partial charge in [0.15, 0.2) is 0 Å². The Bertz CT molecular complexity index is 668. The average molecular weight is 329 g/mol. The van der Waals surface area contributed by atoms with Crippen molar-refractivity contribution < 1.29 is 9.53 Å². The summed E-state index contributed by atoms with van der Waals surface area (Å²) < 4.78 is 5.85. The quantitative estimate of drug-likeness (QED) is 0.809. The molecule has 0 spiro atoms. The lowest BCUT2D eigenvalue weighted by Crippen LogP contribution is -2.43. The van der Waals surface area contributed by atoms with Crippen molar-refractivity contribution in [3.05, 3.63) is 46.3 Å². The van der Waals surface area contributed by atoms with Crippen LogP contribution in [0.3, 0.4) is 0 Å². The molecule has 3 rings (SSSR count). The van der Waals surface area contributed by atoms with Crippen molar-refractivity contribution in [2.75, 3.05) is 13.1 Å². The van der Waals surface area contributed by atoms with Crippen LogP contribution in [0, 0.1) is 6.92 Å². The van der Waals surface area contributed by atoms with Gasteiger partial charge in [0, 0.05) is 23.6 Å². The Morgan fingerprint density at radius 3 is 3.04 bits per heavy atom. The maximum atomic E-state index is 12.3. The minimum atomic E-state index is -0.0279. The van der Waals surface area contributed by atoms with E-state index in [2.05, 4.69) is 10.2 Å². The Labute approximate surface area is 139 Å². The van der Waals surface area contributed by atoms with E-state index in [9.17, 15) is 4.79 Å². The van der Waals surface area contributed by atoms with Gasteiger partial charge in [0.25, 0.3) is 0 Å². The van der Waals surface area contributed by atoms with Crippen LogP contribution < -0.4 is 4.74 Å². The molecule has 1 aliphatic rings. The molecule has 23 heavy (non-hydrogen) atoms. The molecule has 5 nitrogen and oxygen atoms in total. The fourth-order valence-corrected chi connectivity index (χ4v) is 3.12. The third kappa shape index (κ3) is 4.39. The first-order valence-electron chi connectivity index (χ1n) is 7.68. The number of carbonyl (C=O) groups excluding carboxylic acids is 1. The number of likely N-dealkylation sites (tertiary alicyclic amines) is 1. The molecule has 2 aromatic rings. The Balaban J connectivity index is 1.57. The van der Waals surface area contributed by atoms with Crippen LogP contribution in [0.5, 0.6) is 5.88 Å². The van der Waals surface area contributed by atoms with E-state index in [-0.39, 0.29) is 12.0 Å². The molecule has 2 aromatic heterocycles. The molecule has 0 aliphatic carbocycles. The van der Waals surface area contributed by atoms with Gasteiger partial charge in [0.2, 0.25) is 11.8 Å². The molecule has 1 fully saturated rings. The highest BCUT2D eigenvalue weighted by atomic mass is 32.1. The third-order valence-corrected chi connectivity index (χ3v) is 4.52. The lowest BCUT2D eigenvalue weighted by Gasteiger charge is -2.31. The van der Waals surface area contributed by atoms with Crippen LogP contribution in [0.4, 0.5) is 0 Å². The van der Waals surface area contributed by atoms with Crippen LogP contribution in [-0.2, 0) is 4.79 Å². The van der Waals surface area contributed by atoms with Crippen LogP contribution >= 0.6 is 11.3 Å². The summed E-state index contributed by atoms with van der Waals surface area (Å²) in [6.07, 6.45) is 5.33. The van der Waals surface area contributed by atoms with E-state index in [1.807, 2.05) is 47.5 Å². The molecule has 1 atom stereocenters. The second-order valence-corrected chi connectivity index (χ2v) is 6.51. The van der Waals surface area contributed by atoms with Gasteiger partial charge in [-0.1, -0.05) is 6.07 Å². The first kappa shape index (κ1) is 15.7. The summed E-state index contributed by atoms with van der Waals surface area (Å²) in [5.41, 5.74) is 0.858. The molecule has 6 heteroatoms. The van der Waals surface area contributed by atoms with Crippen molar-refractivity contribution in [1.82, 2.24) is 15.1 Å². The van der Waals surface area contributed by atoms with Crippen molar-refractivity contribution in [2.45, 2.75) is 25.9 Å². The molecule has 1 amide bonds. The first-order valence-corrected chi connectivity index (χ1v) is 8.56. The standard InChI is InChI=1S/C17H19N3O2S/c1-13-6-8-16(19-18-13)22-14-4-2-10-20(12-14)17(21)9-7-15-5-3-11-23-15/h3,5-9,11,14H,2,4,10,12H2,1H3/b9-7+/t14-/m1/s1. The van der Waals surface area contributed by atoms with Crippen molar-refractivity contribution in [1.29, 1.82) is 0 Å². The topological polar surface area (TPSA) is 55.3 Å². The summed E-state index contributed by atoms with van der Waals surface area (Å²) in [5, 5.41) is 10.0. The first-order chi connectivity index (χ1) is 11.2. The second kappa shape index (κ2) is 7.37. The normalized spacial score (nSPS) is 18.3. The van der Waals surface area contributed by atoms with Crippen LogP contribution in [0.15, 0.2) is 35.7 Å². The minimum absolute atomic E-state index is 0.0279. The van der Waals surface area contributed by atoms with Gasteiger partial charge >= 0.3 is 0 Å². The molecule has 1 aliphatic heterocycles. The van der Waals surface area contributed by atoms with E-state index in [0.717, 1.165) is 30.0 Å². The number of thiophene rings is 1. The van der Waals surface area contributed by atoms with Crippen molar-refractivity contribution in [3.63, 3.8) is 0 Å². The molecular formula is C17H19N3O2S. The van der Waals surface area contributed by atoms with E-state index >= 15 is 0 Å². The van der Waals surface area contributed by atoms with Gasteiger partial charge in [-0.15, -0.1) is 16.4 Å². The molecule has 0 aromatic carbocycles. The maximum Gasteiger partial charge on any atom is 0.246 e. The lowest BCUT2D eigenvalue weighted by atomic mass is 10.1. The summed E-state index contributed by atoms with van der Waals surface area (Å²) in [6.45, 7) is 3.24. The summed E-state index contributed by atoms with van der Waals surface area (Å²) >= 11 is 1.62. The van der Waals surface area contributed by atoms with Gasteiger partial charge in [-0.3, -0.25) is 4.79 Å². The number of nitrogens with zero attached hydrogens (tertiary/aromatic N) is 3. The van der Waals surface area contributed by atoms with Crippen molar-refractivity contribution in [2.24, 2.45) is 0 Å². The predicted octanol–water partition coefficient (Wildman–Crippen LogP) is 2.93. The molecule has 1 saturated heterocycles. The lowest BCUT2D eigenvalue weighted by molar-refractivity contribution is -0.128. The van der Waals surface area contributed by atoms with E-state index in [4.69, 9.17) is 4.74 Å². The zero-order valence-corrected chi connectivity index (χ0v) is 13.8. The number of amides is 1. The van der Waals surface area contributed by atoms with Crippen molar-refractivity contribution >= 4 is 23.3 Å². The zero-order valence-electron chi connectivity index (χ0n) is 13.0. The molecule has 0 unspecified atom stereocenters. The van der Waals surface area contributed by atoms with Gasteiger partial charge in [0.1, 0.15) is 6.10 Å². The largest absolute Gasteiger partial charge is 0.471 e. The molecule has 0 radical (unpaired) electrons. The summed E-state index contributed by atoms with van der Waals surface area (Å²) in [4.78, 5) is 15.2. The molecule has 3 heterocycles. The number of piperidine rings is 1. The van der Waals surface area contributed by atoms with Crippen LogP contribution in [0.2, 0.25) is 0 Å². The fourth-order valence-electron chi connectivity index (χ4n) is 2.50. The summed E-state index contributed by atoms with van der Waals surface area (Å²) in [5.74, 6) is 0.547. The van der Waals surface area contributed by atoms with Gasteiger partial charge in [0.05, 0.1) is 12.2 Å². The number of ether oxygens (including phenoxy) is 1. The Morgan fingerprint density at radius 2 is 2.30 bits per heavy atom. The average Bonchev–Trinajstić information content (AvgIpc) is 3.08. The predicted molar refractivity (Wildman–Crippen MR) is 90.4 cm³/mol. The van der Waals surface area contributed by atoms with Crippen LogP contribution in [0.25, 0.3) is 6.08 Å². The highest BCUT2D eigenvalue weighted by molar-refractivity contribution is 7.10. The number of aryl methyl sites for hydroxylation is 1. The van der Waals surface area contributed by atoms with E-state index in [1.165, 1.54) is 0 Å². The zero-order chi connectivity index (χ0) is 16.1. The highest BCUT2D eigenvalue weighted by Gasteiger charge is 2.24. The third-order valence-electron chi connectivity index (χ3n) is 3.68. The second-order valence-electron chi connectivity index (χ2n) is 5.53. The smallest absolute Gasteiger partial charge is 0.246 e. The van der Waals surface area contributed by atoms with Crippen LogP contribution in [-0.4, -0.2) is 40.2 Å². The number of hydrogen-bond donors (Lipinski definition) is 0. The minimum Gasteiger partial charge on any atom is -0.471 e. The summed E-state index contributed by atoms with van der Waals surface area (Å²) in [7, 11) is 0. The maximum absolute atomic E-state index is 12.3. The molecule has 0 N–H and O–H groups in total. The molecule has 0 bridgehead atoms. The molecule has 120 valence electrons. The molecule has 0 saturated carbocycles. The monoisotopic (exact) mass is 329 g/mol. The van der Waals surface area contributed by atoms with E-state index in [0.29, 0.717) is 12.4 Å². The Hall–Kier alpha value is -2.21. The fraction of sp³-hybridized carbons (Fsp3) is 0.353. The highest BCUT2D eigenvalue weighted by Crippen LogP contribution is 2.17. The van der Waals surface area contributed by atoms with Gasteiger partial charge < -0.3 is 9.64 Å². The number of hydrogen-bond acceptors (Lipinski definition) is 5. The van der Waals surface area contributed by atoms with Crippen LogP contribution in [0.1, 0.15) is 23.4 Å². The number of rotatable bonds is 4. The number of carbonyl (C=O) groups is 1. The number of aromatic nitrogens is 2. The van der Waals surface area contributed by atoms with Crippen molar-refractivity contribution in [3.8, 4) is 5.88 Å². The Morgan fingerprint density at radius 1 is 1.39 bits per heavy atom. The molecular weight excluding hydrogens is 310 g/mol. The SMILES string of the molecule is Cc1ccc(O[C@@H]2CCCN(C(=O)/C=C/c3cccs3)C2)nn1. The van der Waals surface area contributed by atoms with Gasteiger partial charge in [-0.05, 0) is 43.4 Å². The van der Waals surface area contributed by atoms with Gasteiger partial charge in [-0.2, -0.15) is 5.10 Å².